The summed E-state index contributed by atoms with van der Waals surface area (Å²) in [5.41, 5.74) is 1.00. The number of aromatic nitrogens is 1. The maximum atomic E-state index is 12.5. The number of morpholine rings is 1. The largest absolute Gasteiger partial charge is 0.491 e. The summed E-state index contributed by atoms with van der Waals surface area (Å²) < 4.78 is 19.3. The third-order valence-corrected chi connectivity index (χ3v) is 6.26. The Kier molecular flexibility index (Phi) is 6.28. The molecule has 1 aromatic heterocycles. The van der Waals surface area contributed by atoms with Crippen molar-refractivity contribution in [3.63, 3.8) is 0 Å². The van der Waals surface area contributed by atoms with E-state index in [-0.39, 0.29) is 5.56 Å². The number of hydrogen-bond donors (Lipinski definition) is 1. The van der Waals surface area contributed by atoms with Crippen LogP contribution in [0, 0.1) is 0 Å². The second kappa shape index (κ2) is 9.50. The van der Waals surface area contributed by atoms with Gasteiger partial charge in [0.15, 0.2) is 5.43 Å². The summed E-state index contributed by atoms with van der Waals surface area (Å²) in [4.78, 5) is 26.4. The number of aromatic carboxylic acids is 1. The Morgan fingerprint density at radius 3 is 2.65 bits per heavy atom. The topological polar surface area (TPSA) is 90.2 Å². The zero-order valence-electron chi connectivity index (χ0n) is 18.3. The molecule has 176 valence electrons. The van der Waals surface area contributed by atoms with Crippen LogP contribution in [0.2, 0.25) is 5.02 Å². The third-order valence-electron chi connectivity index (χ3n) is 5.96. The zero-order chi connectivity index (χ0) is 23.7. The maximum absolute atomic E-state index is 12.5. The van der Waals surface area contributed by atoms with Gasteiger partial charge in [0.1, 0.15) is 23.7 Å². The Bertz CT molecular complexity index is 1270. The van der Waals surface area contributed by atoms with Crippen LogP contribution in [0.4, 0.5) is 0 Å². The van der Waals surface area contributed by atoms with Crippen molar-refractivity contribution >= 4 is 17.6 Å². The molecule has 2 aliphatic rings. The van der Waals surface area contributed by atoms with E-state index in [9.17, 15) is 14.7 Å². The van der Waals surface area contributed by atoms with Crippen molar-refractivity contribution in [3.05, 3.63) is 81.1 Å². The third kappa shape index (κ3) is 4.40. The van der Waals surface area contributed by atoms with Gasteiger partial charge in [-0.3, -0.25) is 9.69 Å². The molecule has 0 amide bonds. The van der Waals surface area contributed by atoms with Crippen molar-refractivity contribution in [2.45, 2.75) is 6.23 Å². The number of carboxylic acids is 1. The summed E-state index contributed by atoms with van der Waals surface area (Å²) in [5.74, 6) is -0.305. The number of pyridine rings is 1. The second-order valence-electron chi connectivity index (χ2n) is 8.11. The molecule has 0 aliphatic carbocycles. The molecule has 34 heavy (non-hydrogen) atoms. The number of carboxylic acid groups (broad SMARTS) is 1. The number of benzene rings is 2. The highest BCUT2D eigenvalue weighted by atomic mass is 35.5. The van der Waals surface area contributed by atoms with E-state index in [1.807, 2.05) is 30.3 Å². The average molecular weight is 483 g/mol. The lowest BCUT2D eigenvalue weighted by Gasteiger charge is -2.32. The SMILES string of the molecule is O=C(O)c1cn2c(cc1=O)-c1cc(Cl)c(OCCN3CCOCC3)cc1OC2c1ccccc1. The predicted molar refractivity (Wildman–Crippen MR) is 126 cm³/mol. The molecule has 2 aromatic carbocycles. The predicted octanol–water partition coefficient (Wildman–Crippen LogP) is 3.52. The van der Waals surface area contributed by atoms with Crippen LogP contribution in [0.25, 0.3) is 11.3 Å². The highest BCUT2D eigenvalue weighted by molar-refractivity contribution is 6.32. The van der Waals surface area contributed by atoms with E-state index in [0.717, 1.165) is 38.4 Å². The standard InChI is InChI=1S/C25H23ClN2O6/c26-19-12-17-20-13-21(29)18(25(30)31)15-28(20)24(16-4-2-1-3-5-16)34-22(17)14-23(19)33-11-8-27-6-9-32-10-7-27/h1-5,12-15,24H,6-11H2,(H,30,31). The molecule has 3 heterocycles. The minimum atomic E-state index is -1.29. The van der Waals surface area contributed by atoms with Gasteiger partial charge in [0, 0.05) is 49.1 Å². The van der Waals surface area contributed by atoms with Crippen molar-refractivity contribution < 1.29 is 24.1 Å². The Hall–Kier alpha value is -3.33. The number of fused-ring (bicyclic) bond motifs is 3. The van der Waals surface area contributed by atoms with Crippen molar-refractivity contribution in [1.82, 2.24) is 9.47 Å². The molecule has 0 spiro atoms. The number of hydrogen-bond acceptors (Lipinski definition) is 6. The fourth-order valence-corrected chi connectivity index (χ4v) is 4.41. The highest BCUT2D eigenvalue weighted by Crippen LogP contribution is 2.44. The van der Waals surface area contributed by atoms with Gasteiger partial charge in [0.25, 0.3) is 0 Å². The van der Waals surface area contributed by atoms with Crippen LogP contribution in [-0.4, -0.2) is 60.0 Å². The molecule has 1 saturated heterocycles. The summed E-state index contributed by atoms with van der Waals surface area (Å²) in [6, 6.07) is 14.1. The van der Waals surface area contributed by atoms with Gasteiger partial charge in [0.2, 0.25) is 6.23 Å². The lowest BCUT2D eigenvalue weighted by atomic mass is 10.0. The van der Waals surface area contributed by atoms with E-state index in [0.29, 0.717) is 34.4 Å². The van der Waals surface area contributed by atoms with E-state index in [1.165, 1.54) is 12.3 Å². The van der Waals surface area contributed by atoms with Gasteiger partial charge in [-0.05, 0) is 6.07 Å². The first kappa shape index (κ1) is 22.5. The fraction of sp³-hybridized carbons (Fsp3) is 0.280. The smallest absolute Gasteiger partial charge is 0.341 e. The minimum absolute atomic E-state index is 0.328. The Labute approximate surface area is 200 Å². The lowest BCUT2D eigenvalue weighted by Crippen LogP contribution is -2.38. The molecule has 1 N–H and O–H groups in total. The molecule has 1 fully saturated rings. The molecule has 1 unspecified atom stereocenters. The number of nitrogens with zero attached hydrogens (tertiary/aromatic N) is 2. The summed E-state index contributed by atoms with van der Waals surface area (Å²) in [7, 11) is 0. The van der Waals surface area contributed by atoms with E-state index in [1.54, 1.807) is 16.7 Å². The van der Waals surface area contributed by atoms with Crippen LogP contribution >= 0.6 is 11.6 Å². The van der Waals surface area contributed by atoms with Gasteiger partial charge in [-0.2, -0.15) is 0 Å². The van der Waals surface area contributed by atoms with Gasteiger partial charge >= 0.3 is 5.97 Å². The molecule has 0 bridgehead atoms. The van der Waals surface area contributed by atoms with E-state index in [2.05, 4.69) is 4.90 Å². The van der Waals surface area contributed by atoms with Crippen LogP contribution in [0.15, 0.2) is 59.5 Å². The first-order chi connectivity index (χ1) is 16.5. The van der Waals surface area contributed by atoms with Crippen LogP contribution in [-0.2, 0) is 4.74 Å². The van der Waals surface area contributed by atoms with Crippen LogP contribution in [0.5, 0.6) is 11.5 Å². The van der Waals surface area contributed by atoms with Crippen molar-refractivity contribution in [2.24, 2.45) is 0 Å². The maximum Gasteiger partial charge on any atom is 0.341 e. The average Bonchev–Trinajstić information content (AvgIpc) is 2.85. The zero-order valence-corrected chi connectivity index (χ0v) is 19.0. The summed E-state index contributed by atoms with van der Waals surface area (Å²) in [6.07, 6.45) is 0.658. The summed E-state index contributed by atoms with van der Waals surface area (Å²) in [6.45, 7) is 4.38. The molecule has 9 heteroatoms. The van der Waals surface area contributed by atoms with Crippen molar-refractivity contribution in [2.75, 3.05) is 39.5 Å². The normalized spacial score (nSPS) is 17.4. The molecule has 5 rings (SSSR count). The number of ether oxygens (including phenoxy) is 3. The molecule has 3 aromatic rings. The van der Waals surface area contributed by atoms with Gasteiger partial charge < -0.3 is 23.9 Å². The molecule has 0 radical (unpaired) electrons. The van der Waals surface area contributed by atoms with E-state index in [4.69, 9.17) is 25.8 Å². The Morgan fingerprint density at radius 2 is 1.91 bits per heavy atom. The van der Waals surface area contributed by atoms with Gasteiger partial charge in [-0.25, -0.2) is 4.79 Å². The number of halogens is 1. The van der Waals surface area contributed by atoms with Gasteiger partial charge in [-0.15, -0.1) is 0 Å². The summed E-state index contributed by atoms with van der Waals surface area (Å²) >= 11 is 6.53. The summed E-state index contributed by atoms with van der Waals surface area (Å²) in [5, 5.41) is 9.85. The van der Waals surface area contributed by atoms with Crippen LogP contribution < -0.4 is 14.9 Å². The van der Waals surface area contributed by atoms with Gasteiger partial charge in [0.05, 0.1) is 23.9 Å². The monoisotopic (exact) mass is 482 g/mol. The first-order valence-corrected chi connectivity index (χ1v) is 11.4. The quantitative estimate of drug-likeness (QED) is 0.575. The Balaban J connectivity index is 1.51. The second-order valence-corrected chi connectivity index (χ2v) is 8.52. The molecule has 8 nitrogen and oxygen atoms in total. The number of carbonyl (C=O) groups is 1. The molecule has 2 aliphatic heterocycles. The molecular formula is C25H23ClN2O6. The first-order valence-electron chi connectivity index (χ1n) is 11.0. The van der Waals surface area contributed by atoms with Crippen LogP contribution in [0.1, 0.15) is 22.1 Å². The molecular weight excluding hydrogens is 460 g/mol. The highest BCUT2D eigenvalue weighted by Gasteiger charge is 2.29. The van der Waals surface area contributed by atoms with Crippen molar-refractivity contribution in [1.29, 1.82) is 0 Å². The number of rotatable bonds is 6. The van der Waals surface area contributed by atoms with Crippen LogP contribution in [0.3, 0.4) is 0 Å². The minimum Gasteiger partial charge on any atom is -0.491 e. The lowest BCUT2D eigenvalue weighted by molar-refractivity contribution is 0.0322. The van der Waals surface area contributed by atoms with Crippen molar-refractivity contribution in [3.8, 4) is 22.8 Å². The van der Waals surface area contributed by atoms with Gasteiger partial charge in [-0.1, -0.05) is 41.9 Å². The Morgan fingerprint density at radius 1 is 1.15 bits per heavy atom. The fourth-order valence-electron chi connectivity index (χ4n) is 4.20. The molecule has 1 atom stereocenters. The van der Waals surface area contributed by atoms with E-state index >= 15 is 0 Å². The van der Waals surface area contributed by atoms with E-state index < -0.39 is 17.6 Å². The molecule has 0 saturated carbocycles.